The number of esters is 1. The number of benzene rings is 1. The van der Waals surface area contributed by atoms with Crippen molar-refractivity contribution in [3.63, 3.8) is 0 Å². The second-order valence-corrected chi connectivity index (χ2v) is 10.7. The highest BCUT2D eigenvalue weighted by Gasteiger charge is 2.37. The molecule has 0 amide bonds. The van der Waals surface area contributed by atoms with Crippen molar-refractivity contribution in [2.45, 2.75) is 47.2 Å². The van der Waals surface area contributed by atoms with Gasteiger partial charge in [-0.2, -0.15) is 5.10 Å². The largest absolute Gasteiger partial charge is 0.490 e. The molecule has 1 saturated heterocycles. The second kappa shape index (κ2) is 7.98. The third kappa shape index (κ3) is 3.70. The van der Waals surface area contributed by atoms with Crippen LogP contribution in [0.25, 0.3) is 22.3 Å². The Hall–Kier alpha value is -3.13. The van der Waals surface area contributed by atoms with Gasteiger partial charge in [0.1, 0.15) is 16.8 Å². The zero-order valence-electron chi connectivity index (χ0n) is 20.4. The van der Waals surface area contributed by atoms with Crippen molar-refractivity contribution < 1.29 is 19.0 Å². The first-order chi connectivity index (χ1) is 16.1. The maximum atomic E-state index is 13.0. The van der Waals surface area contributed by atoms with Gasteiger partial charge in [0.05, 0.1) is 50.4 Å². The first-order valence-corrected chi connectivity index (χ1v) is 11.7. The molecule has 2 aliphatic heterocycles. The van der Waals surface area contributed by atoms with E-state index in [0.717, 1.165) is 28.0 Å². The standard InChI is InChI=1S/C26H31N3O5/c1-6-33-24(31)17-11-28-18(10-19(17)30)23-16-8-7-9-20(34-15-26(5)13-32-14-26)22(16)27-29(23)12-21(28)25(2,3)4/h7-11,21H,6,12-15H2,1-5H3. The number of ether oxygens (including phenoxy) is 3. The quantitative estimate of drug-likeness (QED) is 0.529. The summed E-state index contributed by atoms with van der Waals surface area (Å²) in [5.41, 5.74) is 1.92. The summed E-state index contributed by atoms with van der Waals surface area (Å²) in [7, 11) is 0. The first-order valence-electron chi connectivity index (χ1n) is 11.7. The van der Waals surface area contributed by atoms with Gasteiger partial charge in [0.2, 0.25) is 0 Å². The normalized spacial score (nSPS) is 18.7. The number of fused-ring (bicyclic) bond motifs is 5. The lowest BCUT2D eigenvalue weighted by Crippen LogP contribution is -2.44. The van der Waals surface area contributed by atoms with Crippen LogP contribution in [-0.4, -0.2) is 46.7 Å². The van der Waals surface area contributed by atoms with Crippen LogP contribution in [-0.2, 0) is 16.0 Å². The van der Waals surface area contributed by atoms with Gasteiger partial charge in [0.25, 0.3) is 0 Å². The Balaban J connectivity index is 1.65. The molecule has 1 aromatic carbocycles. The highest BCUT2D eigenvalue weighted by molar-refractivity contribution is 5.97. The number of nitrogens with zero attached hydrogens (tertiary/aromatic N) is 3. The van der Waals surface area contributed by atoms with Gasteiger partial charge in [0.15, 0.2) is 5.43 Å². The fourth-order valence-corrected chi connectivity index (χ4v) is 4.73. The van der Waals surface area contributed by atoms with Gasteiger partial charge in [-0.25, -0.2) is 4.79 Å². The predicted molar refractivity (Wildman–Crippen MR) is 128 cm³/mol. The van der Waals surface area contributed by atoms with Crippen LogP contribution < -0.4 is 10.2 Å². The van der Waals surface area contributed by atoms with Crippen LogP contribution in [0.3, 0.4) is 0 Å². The molecule has 34 heavy (non-hydrogen) atoms. The molecule has 3 aromatic rings. The third-order valence-corrected chi connectivity index (χ3v) is 6.71. The lowest BCUT2D eigenvalue weighted by Gasteiger charge is -2.38. The van der Waals surface area contributed by atoms with E-state index >= 15 is 0 Å². The molecule has 0 bridgehead atoms. The number of pyridine rings is 1. The number of carbonyl (C=O) groups excluding carboxylic acids is 1. The average molecular weight is 466 g/mol. The zero-order valence-corrected chi connectivity index (χ0v) is 20.4. The minimum Gasteiger partial charge on any atom is -0.490 e. The van der Waals surface area contributed by atoms with Crippen LogP contribution in [0, 0.1) is 10.8 Å². The van der Waals surface area contributed by atoms with Crippen LogP contribution in [0.4, 0.5) is 0 Å². The maximum Gasteiger partial charge on any atom is 0.343 e. The average Bonchev–Trinajstić information content (AvgIpc) is 3.14. The molecular weight excluding hydrogens is 434 g/mol. The molecule has 0 aliphatic carbocycles. The van der Waals surface area contributed by atoms with Crippen molar-refractivity contribution in [1.29, 1.82) is 0 Å². The van der Waals surface area contributed by atoms with Gasteiger partial charge in [0, 0.05) is 23.1 Å². The molecule has 8 nitrogen and oxygen atoms in total. The van der Waals surface area contributed by atoms with Crippen molar-refractivity contribution in [3.05, 3.63) is 46.2 Å². The topological polar surface area (TPSA) is 84.6 Å². The van der Waals surface area contributed by atoms with Gasteiger partial charge in [-0.1, -0.05) is 39.8 Å². The summed E-state index contributed by atoms with van der Waals surface area (Å²) in [6.45, 7) is 13.1. The molecule has 1 unspecified atom stereocenters. The minimum atomic E-state index is -0.594. The Morgan fingerprint density at radius 3 is 2.71 bits per heavy atom. The Morgan fingerprint density at radius 2 is 2.06 bits per heavy atom. The Labute approximate surface area is 198 Å². The number of hydrogen-bond acceptors (Lipinski definition) is 6. The fraction of sp³-hybridized carbons (Fsp3) is 0.500. The van der Waals surface area contributed by atoms with Gasteiger partial charge in [-0.3, -0.25) is 9.48 Å². The van der Waals surface area contributed by atoms with E-state index in [2.05, 4.69) is 27.7 Å². The van der Waals surface area contributed by atoms with E-state index < -0.39 is 5.97 Å². The molecule has 2 aliphatic rings. The number of hydrogen-bond donors (Lipinski definition) is 0. The summed E-state index contributed by atoms with van der Waals surface area (Å²) in [5, 5.41) is 5.84. The molecule has 4 heterocycles. The first kappa shape index (κ1) is 22.7. The molecule has 0 spiro atoms. The van der Waals surface area contributed by atoms with E-state index in [1.807, 2.05) is 27.4 Å². The maximum absolute atomic E-state index is 13.0. The molecule has 0 saturated carbocycles. The van der Waals surface area contributed by atoms with Crippen molar-refractivity contribution in [1.82, 2.24) is 14.3 Å². The number of carbonyl (C=O) groups is 1. The Kier molecular flexibility index (Phi) is 5.31. The summed E-state index contributed by atoms with van der Waals surface area (Å²) in [6.07, 6.45) is 1.66. The van der Waals surface area contributed by atoms with Crippen molar-refractivity contribution in [2.24, 2.45) is 10.8 Å². The van der Waals surface area contributed by atoms with Crippen molar-refractivity contribution in [3.8, 4) is 17.1 Å². The van der Waals surface area contributed by atoms with Crippen LogP contribution in [0.1, 0.15) is 51.0 Å². The number of aromatic nitrogens is 3. The molecule has 8 heteroatoms. The monoisotopic (exact) mass is 465 g/mol. The third-order valence-electron chi connectivity index (χ3n) is 6.71. The molecule has 1 fully saturated rings. The Bertz CT molecular complexity index is 1330. The summed E-state index contributed by atoms with van der Waals surface area (Å²) in [5.74, 6) is 0.125. The van der Waals surface area contributed by atoms with Gasteiger partial charge in [-0.15, -0.1) is 0 Å². The molecular formula is C26H31N3O5. The molecule has 180 valence electrons. The smallest absolute Gasteiger partial charge is 0.343 e. The summed E-state index contributed by atoms with van der Waals surface area (Å²) in [6, 6.07) is 7.40. The van der Waals surface area contributed by atoms with Gasteiger partial charge in [-0.05, 0) is 18.4 Å². The molecule has 0 N–H and O–H groups in total. The van der Waals surface area contributed by atoms with E-state index in [1.165, 1.54) is 6.07 Å². The number of rotatable bonds is 5. The van der Waals surface area contributed by atoms with Crippen LogP contribution >= 0.6 is 0 Å². The SMILES string of the molecule is CCOC(=O)c1cn2c(cc1=O)-c1c3cccc(OCC4(C)COC4)c3nn1CC2C(C)(C)C. The van der Waals surface area contributed by atoms with Crippen LogP contribution in [0.15, 0.2) is 35.3 Å². The van der Waals surface area contributed by atoms with E-state index in [1.54, 1.807) is 13.1 Å². The molecule has 0 radical (unpaired) electrons. The minimum absolute atomic E-state index is 0.0161. The van der Waals surface area contributed by atoms with E-state index in [0.29, 0.717) is 26.4 Å². The predicted octanol–water partition coefficient (Wildman–Crippen LogP) is 4.06. The van der Waals surface area contributed by atoms with E-state index in [-0.39, 0.29) is 34.5 Å². The summed E-state index contributed by atoms with van der Waals surface area (Å²) >= 11 is 0. The van der Waals surface area contributed by atoms with Gasteiger partial charge < -0.3 is 18.8 Å². The highest BCUT2D eigenvalue weighted by Crippen LogP contribution is 2.43. The molecule has 2 aromatic heterocycles. The van der Waals surface area contributed by atoms with Crippen LogP contribution in [0.2, 0.25) is 0 Å². The molecule has 1 atom stereocenters. The second-order valence-electron chi connectivity index (χ2n) is 10.7. The summed E-state index contributed by atoms with van der Waals surface area (Å²) < 4.78 is 20.7. The lowest BCUT2D eigenvalue weighted by molar-refractivity contribution is -0.120. The van der Waals surface area contributed by atoms with Crippen LogP contribution in [0.5, 0.6) is 5.75 Å². The van der Waals surface area contributed by atoms with Gasteiger partial charge >= 0.3 is 5.97 Å². The van der Waals surface area contributed by atoms with Crippen molar-refractivity contribution in [2.75, 3.05) is 26.4 Å². The lowest BCUT2D eigenvalue weighted by atomic mass is 9.85. The Morgan fingerprint density at radius 1 is 1.29 bits per heavy atom. The summed E-state index contributed by atoms with van der Waals surface area (Å²) in [4.78, 5) is 25.4. The molecule has 5 rings (SSSR count). The van der Waals surface area contributed by atoms with Crippen molar-refractivity contribution >= 4 is 16.9 Å². The van der Waals surface area contributed by atoms with E-state index in [9.17, 15) is 9.59 Å². The highest BCUT2D eigenvalue weighted by atomic mass is 16.5. The fourth-order valence-electron chi connectivity index (χ4n) is 4.73. The van der Waals surface area contributed by atoms with E-state index in [4.69, 9.17) is 19.3 Å². The zero-order chi connectivity index (χ0) is 24.3.